The Bertz CT molecular complexity index is 523. The van der Waals surface area contributed by atoms with Gasteiger partial charge in [-0.25, -0.2) is 4.98 Å². The second kappa shape index (κ2) is 7.28. The molecule has 2 heterocycles. The van der Waals surface area contributed by atoms with Gasteiger partial charge in [0.2, 0.25) is 5.91 Å². The Morgan fingerprint density at radius 3 is 2.90 bits per heavy atom. The molecule has 2 aromatic rings. The molecule has 0 saturated carbocycles. The van der Waals surface area contributed by atoms with Gasteiger partial charge in [0.1, 0.15) is 12.1 Å². The molecule has 0 spiro atoms. The number of rotatable bonds is 7. The van der Waals surface area contributed by atoms with E-state index < -0.39 is 0 Å². The van der Waals surface area contributed by atoms with Gasteiger partial charge >= 0.3 is 0 Å². The number of aryl methyl sites for hydroxylation is 1. The first-order chi connectivity index (χ1) is 9.74. The molecular formula is C14H18N4O2. The molecule has 6 nitrogen and oxygen atoms in total. The molecule has 20 heavy (non-hydrogen) atoms. The maximum atomic E-state index is 11.6. The highest BCUT2D eigenvalue weighted by molar-refractivity contribution is 5.77. The lowest BCUT2D eigenvalue weighted by Gasteiger charge is -2.06. The quantitative estimate of drug-likeness (QED) is 0.749. The molecule has 0 fully saturated rings. The summed E-state index contributed by atoms with van der Waals surface area (Å²) in [5.41, 5.74) is 1.78. The normalized spacial score (nSPS) is 10.2. The van der Waals surface area contributed by atoms with Crippen LogP contribution in [0.3, 0.4) is 0 Å². The number of nitrogens with one attached hydrogen (secondary N) is 2. The highest BCUT2D eigenvalue weighted by atomic mass is 16.5. The van der Waals surface area contributed by atoms with E-state index in [9.17, 15) is 4.79 Å². The second-order valence-corrected chi connectivity index (χ2v) is 4.52. The standard InChI is InChI=1S/C14H18N4O2/c1-11-3-4-13(17-10-11)15-6-2-7-16-14(19)9-12-5-8-20-18-12/h3-5,8,10H,2,6-7,9H2,1H3,(H,15,17)(H,16,19). The summed E-state index contributed by atoms with van der Waals surface area (Å²) in [4.78, 5) is 15.8. The van der Waals surface area contributed by atoms with Crippen LogP contribution in [-0.4, -0.2) is 29.1 Å². The molecule has 0 radical (unpaired) electrons. The first-order valence-electron chi connectivity index (χ1n) is 6.56. The van der Waals surface area contributed by atoms with Crippen molar-refractivity contribution >= 4 is 11.7 Å². The minimum absolute atomic E-state index is 0.0487. The molecule has 0 aliphatic rings. The summed E-state index contributed by atoms with van der Waals surface area (Å²) in [6.07, 6.45) is 4.37. The Balaban J connectivity index is 1.57. The van der Waals surface area contributed by atoms with Crippen LogP contribution in [-0.2, 0) is 11.2 Å². The van der Waals surface area contributed by atoms with Crippen LogP contribution in [0, 0.1) is 6.92 Å². The summed E-state index contributed by atoms with van der Waals surface area (Å²) < 4.78 is 4.67. The lowest BCUT2D eigenvalue weighted by atomic mass is 10.3. The number of carbonyl (C=O) groups excluding carboxylic acids is 1. The molecule has 6 heteroatoms. The van der Waals surface area contributed by atoms with Gasteiger partial charge in [-0.1, -0.05) is 11.2 Å². The van der Waals surface area contributed by atoms with E-state index in [4.69, 9.17) is 0 Å². The highest BCUT2D eigenvalue weighted by Crippen LogP contribution is 2.03. The molecule has 0 aliphatic heterocycles. The van der Waals surface area contributed by atoms with E-state index in [1.54, 1.807) is 6.07 Å². The first kappa shape index (κ1) is 14.0. The minimum Gasteiger partial charge on any atom is -0.370 e. The van der Waals surface area contributed by atoms with Crippen molar-refractivity contribution in [3.8, 4) is 0 Å². The molecule has 0 unspecified atom stereocenters. The fourth-order valence-corrected chi connectivity index (χ4v) is 1.66. The van der Waals surface area contributed by atoms with Crippen LogP contribution < -0.4 is 10.6 Å². The average Bonchev–Trinajstić information content (AvgIpc) is 2.93. The predicted octanol–water partition coefficient (Wildman–Crippen LogP) is 1.54. The lowest BCUT2D eigenvalue weighted by Crippen LogP contribution is -2.27. The van der Waals surface area contributed by atoms with Crippen LogP contribution in [0.25, 0.3) is 0 Å². The van der Waals surface area contributed by atoms with Crippen LogP contribution in [0.2, 0.25) is 0 Å². The predicted molar refractivity (Wildman–Crippen MR) is 75.3 cm³/mol. The van der Waals surface area contributed by atoms with Crippen molar-refractivity contribution in [3.63, 3.8) is 0 Å². The summed E-state index contributed by atoms with van der Waals surface area (Å²) in [5, 5.41) is 9.73. The second-order valence-electron chi connectivity index (χ2n) is 4.52. The Labute approximate surface area is 117 Å². The number of hydrogen-bond donors (Lipinski definition) is 2. The molecule has 2 rings (SSSR count). The largest absolute Gasteiger partial charge is 0.370 e. The molecule has 1 amide bonds. The van der Waals surface area contributed by atoms with Crippen molar-refractivity contribution < 1.29 is 9.32 Å². The van der Waals surface area contributed by atoms with Crippen LogP contribution in [0.15, 0.2) is 35.2 Å². The van der Waals surface area contributed by atoms with Gasteiger partial charge in [0.05, 0.1) is 12.1 Å². The van der Waals surface area contributed by atoms with Gasteiger partial charge in [-0.2, -0.15) is 0 Å². The molecule has 0 bridgehead atoms. The lowest BCUT2D eigenvalue weighted by molar-refractivity contribution is -0.120. The summed E-state index contributed by atoms with van der Waals surface area (Å²) >= 11 is 0. The fraction of sp³-hybridized carbons (Fsp3) is 0.357. The van der Waals surface area contributed by atoms with Crippen LogP contribution in [0.1, 0.15) is 17.7 Å². The number of aromatic nitrogens is 2. The molecular weight excluding hydrogens is 256 g/mol. The maximum Gasteiger partial charge on any atom is 0.226 e. The highest BCUT2D eigenvalue weighted by Gasteiger charge is 2.04. The fourth-order valence-electron chi connectivity index (χ4n) is 1.66. The van der Waals surface area contributed by atoms with E-state index in [1.807, 2.05) is 25.3 Å². The summed E-state index contributed by atoms with van der Waals surface area (Å²) in [7, 11) is 0. The Morgan fingerprint density at radius 1 is 1.30 bits per heavy atom. The van der Waals surface area contributed by atoms with E-state index in [0.717, 1.165) is 24.3 Å². The zero-order chi connectivity index (χ0) is 14.2. The summed E-state index contributed by atoms with van der Waals surface area (Å²) in [6.45, 7) is 3.39. The van der Waals surface area contributed by atoms with Crippen LogP contribution >= 0.6 is 0 Å². The van der Waals surface area contributed by atoms with Crippen molar-refractivity contribution in [1.29, 1.82) is 0 Å². The Hall–Kier alpha value is -2.37. The van der Waals surface area contributed by atoms with E-state index in [1.165, 1.54) is 6.26 Å². The zero-order valence-corrected chi connectivity index (χ0v) is 11.4. The Morgan fingerprint density at radius 2 is 2.20 bits per heavy atom. The first-order valence-corrected chi connectivity index (χ1v) is 6.56. The van der Waals surface area contributed by atoms with E-state index in [-0.39, 0.29) is 12.3 Å². The van der Waals surface area contributed by atoms with Crippen molar-refractivity contribution in [2.24, 2.45) is 0 Å². The van der Waals surface area contributed by atoms with Gasteiger partial charge < -0.3 is 15.2 Å². The molecule has 2 aromatic heterocycles. The van der Waals surface area contributed by atoms with Crippen molar-refractivity contribution in [2.75, 3.05) is 18.4 Å². The number of hydrogen-bond acceptors (Lipinski definition) is 5. The number of carbonyl (C=O) groups is 1. The average molecular weight is 274 g/mol. The van der Waals surface area contributed by atoms with E-state index in [0.29, 0.717) is 12.2 Å². The Kier molecular flexibility index (Phi) is 5.11. The van der Waals surface area contributed by atoms with Crippen molar-refractivity contribution in [1.82, 2.24) is 15.5 Å². The van der Waals surface area contributed by atoms with Gasteiger partial charge in [-0.3, -0.25) is 4.79 Å². The monoisotopic (exact) mass is 274 g/mol. The third kappa shape index (κ3) is 4.72. The zero-order valence-electron chi connectivity index (χ0n) is 11.4. The number of nitrogens with zero attached hydrogens (tertiary/aromatic N) is 2. The smallest absolute Gasteiger partial charge is 0.226 e. The van der Waals surface area contributed by atoms with Gasteiger partial charge in [0, 0.05) is 25.4 Å². The van der Waals surface area contributed by atoms with E-state index >= 15 is 0 Å². The third-order valence-electron chi connectivity index (χ3n) is 2.73. The number of anilines is 1. The topological polar surface area (TPSA) is 80.0 Å². The molecule has 0 atom stereocenters. The SMILES string of the molecule is Cc1ccc(NCCCNC(=O)Cc2ccon2)nc1. The van der Waals surface area contributed by atoms with E-state index in [2.05, 4.69) is 25.3 Å². The van der Waals surface area contributed by atoms with Gasteiger partial charge in [-0.15, -0.1) is 0 Å². The molecule has 2 N–H and O–H groups in total. The third-order valence-corrected chi connectivity index (χ3v) is 2.73. The van der Waals surface area contributed by atoms with Crippen molar-refractivity contribution in [2.45, 2.75) is 19.8 Å². The van der Waals surface area contributed by atoms with Gasteiger partial charge in [-0.05, 0) is 25.0 Å². The van der Waals surface area contributed by atoms with Crippen LogP contribution in [0.5, 0.6) is 0 Å². The number of pyridine rings is 1. The van der Waals surface area contributed by atoms with Crippen LogP contribution in [0.4, 0.5) is 5.82 Å². The van der Waals surface area contributed by atoms with Gasteiger partial charge in [0.15, 0.2) is 0 Å². The molecule has 0 aliphatic carbocycles. The van der Waals surface area contributed by atoms with Crippen molar-refractivity contribution in [3.05, 3.63) is 41.9 Å². The molecule has 0 saturated heterocycles. The number of amides is 1. The van der Waals surface area contributed by atoms with Gasteiger partial charge in [0.25, 0.3) is 0 Å². The molecule has 0 aromatic carbocycles. The maximum absolute atomic E-state index is 11.6. The summed E-state index contributed by atoms with van der Waals surface area (Å²) in [5.74, 6) is 0.803. The minimum atomic E-state index is -0.0487. The summed E-state index contributed by atoms with van der Waals surface area (Å²) in [6, 6.07) is 5.64. The molecule has 106 valence electrons.